The zero-order valence-corrected chi connectivity index (χ0v) is 13.7. The van der Waals surface area contributed by atoms with Gasteiger partial charge in [-0.1, -0.05) is 13.3 Å². The Bertz CT molecular complexity index is 475. The van der Waals surface area contributed by atoms with Gasteiger partial charge in [-0.25, -0.2) is 9.97 Å². The van der Waals surface area contributed by atoms with Gasteiger partial charge in [-0.2, -0.15) is 11.8 Å². The van der Waals surface area contributed by atoms with Gasteiger partial charge in [0.1, 0.15) is 11.9 Å². The van der Waals surface area contributed by atoms with Crippen LogP contribution in [0.15, 0.2) is 0 Å². The number of hydrogen-bond donors (Lipinski definition) is 1. The molecule has 1 unspecified atom stereocenters. The monoisotopic (exact) mass is 307 g/mol. The fraction of sp³-hybridized carbons (Fsp3) is 0.750. The van der Waals surface area contributed by atoms with E-state index in [9.17, 15) is 0 Å². The topological polar surface area (TPSA) is 47.0 Å². The lowest BCUT2D eigenvalue weighted by Crippen LogP contribution is -2.20. The molecule has 1 atom stereocenters. The van der Waals surface area contributed by atoms with Gasteiger partial charge in [0.15, 0.2) is 5.82 Å². The molecule has 1 aliphatic heterocycles. The maximum absolute atomic E-state index is 5.87. The van der Waals surface area contributed by atoms with Crippen LogP contribution in [0.4, 0.5) is 5.82 Å². The minimum absolute atomic E-state index is 0.0690. The number of nitrogens with zero attached hydrogens (tertiary/aromatic N) is 2. The van der Waals surface area contributed by atoms with E-state index >= 15 is 0 Å². The van der Waals surface area contributed by atoms with Gasteiger partial charge in [0.05, 0.1) is 6.61 Å². The van der Waals surface area contributed by atoms with Crippen LogP contribution in [-0.2, 0) is 17.6 Å². The molecule has 0 saturated carbocycles. The normalized spacial score (nSPS) is 22.4. The lowest BCUT2D eigenvalue weighted by molar-refractivity contribution is 0.0693. The number of hydrogen-bond acceptors (Lipinski definition) is 5. The van der Waals surface area contributed by atoms with Crippen molar-refractivity contribution < 1.29 is 4.74 Å². The predicted octanol–water partition coefficient (Wildman–Crippen LogP) is 3.37. The quantitative estimate of drug-likeness (QED) is 0.864. The molecule has 4 nitrogen and oxygen atoms in total. The van der Waals surface area contributed by atoms with Gasteiger partial charge in [-0.05, 0) is 32.1 Å². The molecule has 1 fully saturated rings. The lowest BCUT2D eigenvalue weighted by Gasteiger charge is -2.23. The first kappa shape index (κ1) is 15.1. The van der Waals surface area contributed by atoms with Crippen LogP contribution < -0.4 is 5.32 Å². The third kappa shape index (κ3) is 3.69. The van der Waals surface area contributed by atoms with Crippen molar-refractivity contribution in [3.05, 3.63) is 17.1 Å². The van der Waals surface area contributed by atoms with Crippen molar-refractivity contribution in [1.29, 1.82) is 0 Å². The molecule has 0 aromatic carbocycles. The summed E-state index contributed by atoms with van der Waals surface area (Å²) in [6.45, 7) is 3.98. The number of nitrogens with one attached hydrogen (secondary N) is 1. The van der Waals surface area contributed by atoms with E-state index in [1.54, 1.807) is 0 Å². The van der Waals surface area contributed by atoms with E-state index in [1.807, 2.05) is 11.8 Å². The predicted molar refractivity (Wildman–Crippen MR) is 88.1 cm³/mol. The summed E-state index contributed by atoms with van der Waals surface area (Å²) >= 11 is 1.94. The van der Waals surface area contributed by atoms with E-state index in [2.05, 4.69) is 12.2 Å². The first-order chi connectivity index (χ1) is 10.4. The van der Waals surface area contributed by atoms with Crippen molar-refractivity contribution in [2.24, 2.45) is 0 Å². The summed E-state index contributed by atoms with van der Waals surface area (Å²) in [5, 5.41) is 3.52. The van der Waals surface area contributed by atoms with E-state index in [0.717, 1.165) is 55.6 Å². The number of anilines is 1. The summed E-state index contributed by atoms with van der Waals surface area (Å²) in [6, 6.07) is 0. The Morgan fingerprint density at radius 3 is 2.95 bits per heavy atom. The fourth-order valence-electron chi connectivity index (χ4n) is 2.96. The molecule has 1 N–H and O–H groups in total. The average Bonchev–Trinajstić information content (AvgIpc) is 2.78. The molecule has 0 bridgehead atoms. The summed E-state index contributed by atoms with van der Waals surface area (Å²) in [6.07, 6.45) is 7.19. The second-order valence-corrected chi connectivity index (χ2v) is 6.93. The molecule has 1 aromatic heterocycles. The largest absolute Gasteiger partial charge is 0.370 e. The molecule has 0 spiro atoms. The SMILES string of the molecule is CCCNc1nc(C2CSCCO2)nc2c1CCCCC2. The van der Waals surface area contributed by atoms with Gasteiger partial charge in [0.25, 0.3) is 0 Å². The van der Waals surface area contributed by atoms with Crippen molar-refractivity contribution in [3.63, 3.8) is 0 Å². The van der Waals surface area contributed by atoms with Gasteiger partial charge in [0.2, 0.25) is 0 Å². The molecule has 0 amide bonds. The van der Waals surface area contributed by atoms with Crippen molar-refractivity contribution in [2.45, 2.75) is 51.6 Å². The smallest absolute Gasteiger partial charge is 0.160 e. The minimum Gasteiger partial charge on any atom is -0.370 e. The van der Waals surface area contributed by atoms with Crippen LogP contribution in [0, 0.1) is 0 Å². The highest BCUT2D eigenvalue weighted by atomic mass is 32.2. The van der Waals surface area contributed by atoms with E-state index in [0.29, 0.717) is 0 Å². The first-order valence-electron chi connectivity index (χ1n) is 8.21. The molecule has 116 valence electrons. The number of fused-ring (bicyclic) bond motifs is 1. The molecule has 3 rings (SSSR count). The highest BCUT2D eigenvalue weighted by Gasteiger charge is 2.23. The van der Waals surface area contributed by atoms with Crippen LogP contribution in [-0.4, -0.2) is 34.6 Å². The number of thioether (sulfide) groups is 1. The highest BCUT2D eigenvalue weighted by molar-refractivity contribution is 7.99. The Labute approximate surface area is 131 Å². The van der Waals surface area contributed by atoms with E-state index < -0.39 is 0 Å². The molecule has 1 aliphatic carbocycles. The summed E-state index contributed by atoms with van der Waals surface area (Å²) in [5.41, 5.74) is 2.61. The molecule has 2 heterocycles. The summed E-state index contributed by atoms with van der Waals surface area (Å²) in [7, 11) is 0. The van der Waals surface area contributed by atoms with Crippen molar-refractivity contribution in [3.8, 4) is 0 Å². The fourth-order valence-corrected chi connectivity index (χ4v) is 3.80. The van der Waals surface area contributed by atoms with Crippen LogP contribution in [0.2, 0.25) is 0 Å². The van der Waals surface area contributed by atoms with Crippen molar-refractivity contribution in [1.82, 2.24) is 9.97 Å². The second-order valence-electron chi connectivity index (χ2n) is 5.78. The molecule has 21 heavy (non-hydrogen) atoms. The summed E-state index contributed by atoms with van der Waals surface area (Å²) in [5.74, 6) is 4.02. The molecule has 0 radical (unpaired) electrons. The minimum atomic E-state index is 0.0690. The lowest BCUT2D eigenvalue weighted by atomic mass is 10.1. The van der Waals surface area contributed by atoms with Gasteiger partial charge in [-0.15, -0.1) is 0 Å². The number of rotatable bonds is 4. The molecular formula is C16H25N3OS. The highest BCUT2D eigenvalue weighted by Crippen LogP contribution is 2.30. The van der Waals surface area contributed by atoms with Crippen LogP contribution in [0.3, 0.4) is 0 Å². The standard InChI is InChI=1S/C16H25N3OS/c1-2-8-17-15-12-6-4-3-5-7-13(12)18-16(19-15)14-11-21-10-9-20-14/h14H,2-11H2,1H3,(H,17,18,19). The first-order valence-corrected chi connectivity index (χ1v) is 9.37. The number of aryl methyl sites for hydroxylation is 1. The van der Waals surface area contributed by atoms with Crippen LogP contribution in [0.5, 0.6) is 0 Å². The van der Waals surface area contributed by atoms with E-state index in [4.69, 9.17) is 14.7 Å². The van der Waals surface area contributed by atoms with Gasteiger partial charge >= 0.3 is 0 Å². The van der Waals surface area contributed by atoms with Crippen molar-refractivity contribution >= 4 is 17.6 Å². The Morgan fingerprint density at radius 1 is 1.24 bits per heavy atom. The van der Waals surface area contributed by atoms with Crippen LogP contribution in [0.25, 0.3) is 0 Å². The molecule has 2 aliphatic rings. The average molecular weight is 307 g/mol. The third-order valence-electron chi connectivity index (χ3n) is 4.10. The molecular weight excluding hydrogens is 282 g/mol. The van der Waals surface area contributed by atoms with E-state index in [1.165, 1.54) is 30.5 Å². The number of aromatic nitrogens is 2. The van der Waals surface area contributed by atoms with Gasteiger partial charge < -0.3 is 10.1 Å². The van der Waals surface area contributed by atoms with Crippen LogP contribution >= 0.6 is 11.8 Å². The van der Waals surface area contributed by atoms with Gasteiger partial charge in [-0.3, -0.25) is 0 Å². The Hall–Kier alpha value is -0.810. The maximum Gasteiger partial charge on any atom is 0.160 e. The molecule has 5 heteroatoms. The van der Waals surface area contributed by atoms with E-state index in [-0.39, 0.29) is 6.10 Å². The molecule has 1 saturated heterocycles. The number of ether oxygens (including phenoxy) is 1. The summed E-state index contributed by atoms with van der Waals surface area (Å²) in [4.78, 5) is 9.70. The Balaban J connectivity index is 1.91. The second kappa shape index (κ2) is 7.45. The Kier molecular flexibility index (Phi) is 5.36. The summed E-state index contributed by atoms with van der Waals surface area (Å²) < 4.78 is 5.87. The van der Waals surface area contributed by atoms with Crippen LogP contribution in [0.1, 0.15) is 55.8 Å². The zero-order chi connectivity index (χ0) is 14.5. The molecule has 1 aromatic rings. The van der Waals surface area contributed by atoms with Gasteiger partial charge in [0, 0.05) is 29.3 Å². The van der Waals surface area contributed by atoms with Crippen molar-refractivity contribution in [2.75, 3.05) is 30.0 Å². The third-order valence-corrected chi connectivity index (χ3v) is 5.09. The Morgan fingerprint density at radius 2 is 2.14 bits per heavy atom. The zero-order valence-electron chi connectivity index (χ0n) is 12.9. The maximum atomic E-state index is 5.87.